The quantitative estimate of drug-likeness (QED) is 0.761. The summed E-state index contributed by atoms with van der Waals surface area (Å²) in [4.78, 5) is 2.01. The molecule has 0 saturated heterocycles. The molecular weight excluding hydrogens is 227 g/mol. The third-order valence-electron chi connectivity index (χ3n) is 3.28. The second kappa shape index (κ2) is 4.15. The van der Waals surface area contributed by atoms with Gasteiger partial charge in [0.1, 0.15) is 17.4 Å². The van der Waals surface area contributed by atoms with Crippen molar-refractivity contribution in [1.82, 2.24) is 0 Å². The smallest absolute Gasteiger partial charge is 0.143 e. The van der Waals surface area contributed by atoms with Crippen LogP contribution in [0.3, 0.4) is 0 Å². The number of para-hydroxylation sites is 1. The minimum absolute atomic E-state index is 0.120. The van der Waals surface area contributed by atoms with E-state index in [1.807, 2.05) is 29.2 Å². The first-order chi connectivity index (χ1) is 8.81. The van der Waals surface area contributed by atoms with Crippen LogP contribution in [0.15, 0.2) is 42.5 Å². The van der Waals surface area contributed by atoms with E-state index < -0.39 is 5.82 Å². The summed E-state index contributed by atoms with van der Waals surface area (Å²) in [6, 6.07) is 14.8. The molecule has 0 atom stereocenters. The maximum absolute atomic E-state index is 13.6. The lowest BCUT2D eigenvalue weighted by atomic mass is 10.1. The summed E-state index contributed by atoms with van der Waals surface area (Å²) in [5, 5.41) is 9.09. The van der Waals surface area contributed by atoms with E-state index in [-0.39, 0.29) is 5.56 Å². The highest BCUT2D eigenvalue weighted by Crippen LogP contribution is 2.36. The SMILES string of the molecule is N#Cc1c(F)cccc1N1CCc2ccccc21. The number of benzene rings is 2. The molecule has 0 bridgehead atoms. The second-order valence-electron chi connectivity index (χ2n) is 4.28. The fraction of sp³-hybridized carbons (Fsp3) is 0.133. The molecule has 2 aromatic rings. The first-order valence-electron chi connectivity index (χ1n) is 5.85. The Labute approximate surface area is 105 Å². The van der Waals surface area contributed by atoms with E-state index in [4.69, 9.17) is 5.26 Å². The lowest BCUT2D eigenvalue weighted by molar-refractivity contribution is 0.624. The van der Waals surface area contributed by atoms with Crippen LogP contribution in [0.4, 0.5) is 15.8 Å². The summed E-state index contributed by atoms with van der Waals surface area (Å²) in [6.07, 6.45) is 0.928. The van der Waals surface area contributed by atoms with Gasteiger partial charge in [-0.1, -0.05) is 24.3 Å². The van der Waals surface area contributed by atoms with Gasteiger partial charge in [0.2, 0.25) is 0 Å². The van der Waals surface area contributed by atoms with Crippen molar-refractivity contribution in [2.75, 3.05) is 11.4 Å². The molecule has 18 heavy (non-hydrogen) atoms. The Hall–Kier alpha value is -2.34. The van der Waals surface area contributed by atoms with Crippen LogP contribution in [0, 0.1) is 17.1 Å². The fourth-order valence-corrected chi connectivity index (χ4v) is 2.44. The average Bonchev–Trinajstić information content (AvgIpc) is 2.82. The fourth-order valence-electron chi connectivity index (χ4n) is 2.44. The zero-order chi connectivity index (χ0) is 12.5. The third kappa shape index (κ3) is 1.54. The van der Waals surface area contributed by atoms with Crippen molar-refractivity contribution in [3.05, 3.63) is 59.4 Å². The largest absolute Gasteiger partial charge is 0.340 e. The molecule has 0 spiro atoms. The summed E-state index contributed by atoms with van der Waals surface area (Å²) in [5.74, 6) is -0.459. The van der Waals surface area contributed by atoms with Crippen molar-refractivity contribution in [3.63, 3.8) is 0 Å². The minimum Gasteiger partial charge on any atom is -0.340 e. The van der Waals surface area contributed by atoms with Gasteiger partial charge >= 0.3 is 0 Å². The highest BCUT2D eigenvalue weighted by atomic mass is 19.1. The van der Waals surface area contributed by atoms with E-state index in [2.05, 4.69) is 6.07 Å². The van der Waals surface area contributed by atoms with Crippen LogP contribution in [0.1, 0.15) is 11.1 Å². The van der Waals surface area contributed by atoms with Crippen LogP contribution in [-0.2, 0) is 6.42 Å². The van der Waals surface area contributed by atoms with E-state index in [1.165, 1.54) is 11.6 Å². The number of hydrogen-bond acceptors (Lipinski definition) is 2. The zero-order valence-corrected chi connectivity index (χ0v) is 9.73. The Balaban J connectivity index is 2.14. The Bertz CT molecular complexity index is 643. The topological polar surface area (TPSA) is 27.0 Å². The molecule has 0 radical (unpaired) electrons. The summed E-state index contributed by atoms with van der Waals surface area (Å²) in [5.41, 5.74) is 3.09. The molecule has 1 aliphatic rings. The molecule has 1 heterocycles. The Morgan fingerprint density at radius 3 is 2.67 bits per heavy atom. The molecule has 3 heteroatoms. The Kier molecular flexibility index (Phi) is 2.49. The Morgan fingerprint density at radius 1 is 1.06 bits per heavy atom. The number of halogens is 1. The molecule has 3 rings (SSSR count). The van der Waals surface area contributed by atoms with Crippen molar-refractivity contribution in [3.8, 4) is 6.07 Å². The second-order valence-corrected chi connectivity index (χ2v) is 4.28. The first kappa shape index (κ1) is 10.8. The van der Waals surface area contributed by atoms with E-state index in [0.29, 0.717) is 5.69 Å². The van der Waals surface area contributed by atoms with Gasteiger partial charge in [0.05, 0.1) is 5.69 Å². The molecule has 2 aromatic carbocycles. The van der Waals surface area contributed by atoms with Crippen molar-refractivity contribution in [2.45, 2.75) is 6.42 Å². The number of hydrogen-bond donors (Lipinski definition) is 0. The lowest BCUT2D eigenvalue weighted by Crippen LogP contribution is -2.15. The first-order valence-corrected chi connectivity index (χ1v) is 5.85. The van der Waals surface area contributed by atoms with Gasteiger partial charge < -0.3 is 4.90 Å². The molecule has 0 unspecified atom stereocenters. The number of anilines is 2. The van der Waals surface area contributed by atoms with Crippen molar-refractivity contribution < 1.29 is 4.39 Å². The molecule has 0 aromatic heterocycles. The van der Waals surface area contributed by atoms with Crippen molar-refractivity contribution >= 4 is 11.4 Å². The van der Waals surface area contributed by atoms with Gasteiger partial charge in [0, 0.05) is 12.2 Å². The van der Waals surface area contributed by atoms with Crippen LogP contribution < -0.4 is 4.90 Å². The average molecular weight is 238 g/mol. The highest BCUT2D eigenvalue weighted by molar-refractivity contribution is 5.74. The predicted octanol–water partition coefficient (Wildman–Crippen LogP) is 3.39. The predicted molar refractivity (Wildman–Crippen MR) is 68.3 cm³/mol. The summed E-state index contributed by atoms with van der Waals surface area (Å²) >= 11 is 0. The number of nitriles is 1. The standard InChI is InChI=1S/C15H11FN2/c16-13-5-3-7-15(12(13)10-17)18-9-8-11-4-1-2-6-14(11)18/h1-7H,8-9H2. The van der Waals surface area contributed by atoms with Crippen LogP contribution in [0.25, 0.3) is 0 Å². The van der Waals surface area contributed by atoms with E-state index >= 15 is 0 Å². The number of nitrogens with zero attached hydrogens (tertiary/aromatic N) is 2. The van der Waals surface area contributed by atoms with Gasteiger partial charge in [0.25, 0.3) is 0 Å². The van der Waals surface area contributed by atoms with Gasteiger partial charge in [0.15, 0.2) is 0 Å². The van der Waals surface area contributed by atoms with Crippen molar-refractivity contribution in [2.24, 2.45) is 0 Å². The summed E-state index contributed by atoms with van der Waals surface area (Å²) in [7, 11) is 0. The summed E-state index contributed by atoms with van der Waals surface area (Å²) < 4.78 is 13.6. The van der Waals surface area contributed by atoms with Crippen LogP contribution in [0.5, 0.6) is 0 Å². The maximum Gasteiger partial charge on any atom is 0.143 e. The third-order valence-corrected chi connectivity index (χ3v) is 3.28. The van der Waals surface area contributed by atoms with Gasteiger partial charge in [-0.05, 0) is 30.2 Å². The molecule has 0 aliphatic carbocycles. The van der Waals surface area contributed by atoms with Gasteiger partial charge in [-0.2, -0.15) is 5.26 Å². The molecule has 0 amide bonds. The zero-order valence-electron chi connectivity index (χ0n) is 9.73. The summed E-state index contributed by atoms with van der Waals surface area (Å²) in [6.45, 7) is 0.789. The number of fused-ring (bicyclic) bond motifs is 1. The van der Waals surface area contributed by atoms with E-state index in [9.17, 15) is 4.39 Å². The molecule has 2 nitrogen and oxygen atoms in total. The minimum atomic E-state index is -0.459. The maximum atomic E-state index is 13.6. The lowest BCUT2D eigenvalue weighted by Gasteiger charge is -2.20. The van der Waals surface area contributed by atoms with E-state index in [1.54, 1.807) is 12.1 Å². The molecule has 88 valence electrons. The van der Waals surface area contributed by atoms with Gasteiger partial charge in [-0.25, -0.2) is 4.39 Å². The molecule has 0 fully saturated rings. The van der Waals surface area contributed by atoms with Gasteiger partial charge in [-0.15, -0.1) is 0 Å². The van der Waals surface area contributed by atoms with Crippen LogP contribution >= 0.6 is 0 Å². The van der Waals surface area contributed by atoms with Crippen LogP contribution in [0.2, 0.25) is 0 Å². The Morgan fingerprint density at radius 2 is 1.83 bits per heavy atom. The normalized spacial score (nSPS) is 13.2. The molecule has 0 saturated carbocycles. The highest BCUT2D eigenvalue weighted by Gasteiger charge is 2.22. The number of rotatable bonds is 1. The monoisotopic (exact) mass is 238 g/mol. The van der Waals surface area contributed by atoms with E-state index in [0.717, 1.165) is 18.7 Å². The van der Waals surface area contributed by atoms with Gasteiger partial charge in [-0.3, -0.25) is 0 Å². The van der Waals surface area contributed by atoms with Crippen LogP contribution in [-0.4, -0.2) is 6.54 Å². The molecule has 0 N–H and O–H groups in total. The molecular formula is C15H11FN2. The van der Waals surface area contributed by atoms with Crippen molar-refractivity contribution in [1.29, 1.82) is 5.26 Å². The molecule has 1 aliphatic heterocycles.